The fourth-order valence-electron chi connectivity index (χ4n) is 2.46. The minimum absolute atomic E-state index is 0.304. The van der Waals surface area contributed by atoms with Crippen molar-refractivity contribution in [2.24, 2.45) is 0 Å². The van der Waals surface area contributed by atoms with E-state index in [0.717, 1.165) is 16.2 Å². The van der Waals surface area contributed by atoms with E-state index in [9.17, 15) is 9.18 Å². The van der Waals surface area contributed by atoms with E-state index >= 15 is 0 Å². The maximum atomic E-state index is 13.1. The summed E-state index contributed by atoms with van der Waals surface area (Å²) in [4.78, 5) is 17.8. The molecule has 0 spiro atoms. The SMILES string of the molecule is O=C(Nc1ccc(-c2cn3ccsc3n2)cc1)c1ccc(F)cc1Br. The van der Waals surface area contributed by atoms with Crippen LogP contribution in [0.2, 0.25) is 0 Å². The summed E-state index contributed by atoms with van der Waals surface area (Å²) in [7, 11) is 0. The van der Waals surface area contributed by atoms with Gasteiger partial charge in [0, 0.05) is 33.5 Å². The predicted molar refractivity (Wildman–Crippen MR) is 101 cm³/mol. The van der Waals surface area contributed by atoms with E-state index in [4.69, 9.17) is 0 Å². The van der Waals surface area contributed by atoms with Crippen molar-refractivity contribution in [2.45, 2.75) is 0 Å². The Hall–Kier alpha value is -2.51. The minimum Gasteiger partial charge on any atom is -0.322 e. The van der Waals surface area contributed by atoms with E-state index in [1.807, 2.05) is 46.4 Å². The van der Waals surface area contributed by atoms with Crippen molar-refractivity contribution >= 4 is 43.8 Å². The smallest absolute Gasteiger partial charge is 0.256 e. The number of nitrogens with zero attached hydrogens (tertiary/aromatic N) is 2. The Morgan fingerprint density at radius 1 is 1.20 bits per heavy atom. The standard InChI is InChI=1S/C18H11BrFN3OS/c19-15-9-12(20)3-6-14(15)17(24)21-13-4-1-11(2-5-13)16-10-23-7-8-25-18(23)22-16/h1-10H,(H,21,24). The molecule has 0 radical (unpaired) electrons. The average molecular weight is 416 g/mol. The van der Waals surface area contributed by atoms with Crippen LogP contribution in [0.5, 0.6) is 0 Å². The molecule has 0 bridgehead atoms. The second-order valence-corrected chi connectivity index (χ2v) is 7.10. The number of fused-ring (bicyclic) bond motifs is 1. The van der Waals surface area contributed by atoms with Crippen molar-refractivity contribution in [3.8, 4) is 11.3 Å². The van der Waals surface area contributed by atoms with E-state index in [0.29, 0.717) is 15.7 Å². The van der Waals surface area contributed by atoms with E-state index < -0.39 is 5.82 Å². The lowest BCUT2D eigenvalue weighted by Gasteiger charge is -2.07. The number of nitrogens with one attached hydrogen (secondary N) is 1. The Morgan fingerprint density at radius 2 is 2.00 bits per heavy atom. The van der Waals surface area contributed by atoms with E-state index in [-0.39, 0.29) is 5.91 Å². The zero-order valence-corrected chi connectivity index (χ0v) is 15.1. The van der Waals surface area contributed by atoms with Crippen molar-refractivity contribution in [2.75, 3.05) is 5.32 Å². The lowest BCUT2D eigenvalue weighted by atomic mass is 10.1. The summed E-state index contributed by atoms with van der Waals surface area (Å²) >= 11 is 4.78. The summed E-state index contributed by atoms with van der Waals surface area (Å²) in [6.07, 6.45) is 3.93. The third-order valence-electron chi connectivity index (χ3n) is 3.71. The van der Waals surface area contributed by atoms with Gasteiger partial charge in [-0.25, -0.2) is 9.37 Å². The first-order valence-corrected chi connectivity index (χ1v) is 9.06. The molecule has 124 valence electrons. The second kappa shape index (κ2) is 6.42. The molecule has 1 N–H and O–H groups in total. The molecule has 2 aromatic carbocycles. The molecule has 4 aromatic rings. The Kier molecular flexibility index (Phi) is 4.10. The topological polar surface area (TPSA) is 46.4 Å². The molecule has 0 saturated heterocycles. The summed E-state index contributed by atoms with van der Waals surface area (Å²) in [6.45, 7) is 0. The quantitative estimate of drug-likeness (QED) is 0.498. The van der Waals surface area contributed by atoms with Gasteiger partial charge in [-0.1, -0.05) is 12.1 Å². The van der Waals surface area contributed by atoms with Crippen molar-refractivity contribution in [1.82, 2.24) is 9.38 Å². The molecule has 2 heterocycles. The number of carbonyl (C=O) groups excluding carboxylic acids is 1. The molecule has 0 aliphatic carbocycles. The number of rotatable bonds is 3. The van der Waals surface area contributed by atoms with E-state index in [2.05, 4.69) is 26.2 Å². The van der Waals surface area contributed by atoms with Gasteiger partial charge in [0.25, 0.3) is 5.91 Å². The van der Waals surface area contributed by atoms with Gasteiger partial charge in [0.1, 0.15) is 5.82 Å². The number of carbonyl (C=O) groups is 1. The average Bonchev–Trinajstić information content (AvgIpc) is 3.17. The summed E-state index contributed by atoms with van der Waals surface area (Å²) < 4.78 is 15.5. The first-order chi connectivity index (χ1) is 12.1. The highest BCUT2D eigenvalue weighted by Crippen LogP contribution is 2.24. The lowest BCUT2D eigenvalue weighted by molar-refractivity contribution is 0.102. The van der Waals surface area contributed by atoms with Gasteiger partial charge in [-0.2, -0.15) is 0 Å². The molecule has 4 nitrogen and oxygen atoms in total. The van der Waals surface area contributed by atoms with Crippen LogP contribution in [0.4, 0.5) is 10.1 Å². The van der Waals surface area contributed by atoms with E-state index in [1.165, 1.54) is 18.2 Å². The van der Waals surface area contributed by atoms with Crippen LogP contribution >= 0.6 is 27.3 Å². The number of benzene rings is 2. The van der Waals surface area contributed by atoms with Crippen molar-refractivity contribution < 1.29 is 9.18 Å². The number of hydrogen-bond acceptors (Lipinski definition) is 3. The second-order valence-electron chi connectivity index (χ2n) is 5.37. The largest absolute Gasteiger partial charge is 0.322 e. The number of imidazole rings is 1. The van der Waals surface area contributed by atoms with Crippen molar-refractivity contribution in [3.63, 3.8) is 0 Å². The van der Waals surface area contributed by atoms with Crippen LogP contribution in [-0.2, 0) is 0 Å². The number of aromatic nitrogens is 2. The number of hydrogen-bond donors (Lipinski definition) is 1. The van der Waals surface area contributed by atoms with Crippen LogP contribution < -0.4 is 5.32 Å². The zero-order valence-electron chi connectivity index (χ0n) is 12.7. The molecule has 2 aromatic heterocycles. The Balaban J connectivity index is 1.53. The van der Waals surface area contributed by atoms with Gasteiger partial charge >= 0.3 is 0 Å². The van der Waals surface area contributed by atoms with Crippen LogP contribution in [-0.4, -0.2) is 15.3 Å². The van der Waals surface area contributed by atoms with Crippen LogP contribution in [0, 0.1) is 5.82 Å². The molecular formula is C18H11BrFN3OS. The monoisotopic (exact) mass is 415 g/mol. The molecule has 25 heavy (non-hydrogen) atoms. The highest BCUT2D eigenvalue weighted by atomic mass is 79.9. The number of thiazole rings is 1. The Labute approximate surface area is 155 Å². The third-order valence-corrected chi connectivity index (χ3v) is 5.13. The molecule has 0 aliphatic heterocycles. The van der Waals surface area contributed by atoms with Gasteiger partial charge in [0.05, 0.1) is 11.3 Å². The first kappa shape index (κ1) is 16.0. The van der Waals surface area contributed by atoms with Crippen LogP contribution in [0.15, 0.2) is 64.7 Å². The maximum Gasteiger partial charge on any atom is 0.256 e. The van der Waals surface area contributed by atoms with Gasteiger partial charge < -0.3 is 5.32 Å². The van der Waals surface area contributed by atoms with Gasteiger partial charge in [0.2, 0.25) is 0 Å². The highest BCUT2D eigenvalue weighted by Gasteiger charge is 2.11. The predicted octanol–water partition coefficient (Wildman–Crippen LogP) is 5.22. The van der Waals surface area contributed by atoms with E-state index in [1.54, 1.807) is 11.3 Å². The molecule has 7 heteroatoms. The maximum absolute atomic E-state index is 13.1. The fourth-order valence-corrected chi connectivity index (χ4v) is 3.69. The molecule has 4 rings (SSSR count). The van der Waals surface area contributed by atoms with Gasteiger partial charge in [-0.05, 0) is 46.3 Å². The zero-order chi connectivity index (χ0) is 17.4. The first-order valence-electron chi connectivity index (χ1n) is 7.39. The summed E-state index contributed by atoms with van der Waals surface area (Å²) in [5, 5.41) is 4.79. The molecule has 0 aliphatic rings. The van der Waals surface area contributed by atoms with Crippen molar-refractivity contribution in [1.29, 1.82) is 0 Å². The third kappa shape index (κ3) is 3.20. The molecule has 0 saturated carbocycles. The number of amides is 1. The van der Waals surface area contributed by atoms with Gasteiger partial charge in [0.15, 0.2) is 4.96 Å². The van der Waals surface area contributed by atoms with Crippen LogP contribution in [0.1, 0.15) is 10.4 Å². The molecular weight excluding hydrogens is 405 g/mol. The normalized spacial score (nSPS) is 11.0. The van der Waals surface area contributed by atoms with Gasteiger partial charge in [-0.3, -0.25) is 9.20 Å². The van der Waals surface area contributed by atoms with Crippen molar-refractivity contribution in [3.05, 3.63) is 76.1 Å². The summed E-state index contributed by atoms with van der Waals surface area (Å²) in [5.74, 6) is -0.699. The van der Waals surface area contributed by atoms with Gasteiger partial charge in [-0.15, -0.1) is 11.3 Å². The molecule has 0 atom stereocenters. The Bertz CT molecular complexity index is 1040. The molecule has 0 unspecified atom stereocenters. The molecule has 0 fully saturated rings. The number of anilines is 1. The summed E-state index contributed by atoms with van der Waals surface area (Å²) in [6, 6.07) is 11.4. The summed E-state index contributed by atoms with van der Waals surface area (Å²) in [5.41, 5.74) is 2.88. The lowest BCUT2D eigenvalue weighted by Crippen LogP contribution is -2.12. The van der Waals surface area contributed by atoms with Crippen LogP contribution in [0.3, 0.4) is 0 Å². The highest BCUT2D eigenvalue weighted by molar-refractivity contribution is 9.10. The van der Waals surface area contributed by atoms with Crippen LogP contribution in [0.25, 0.3) is 16.2 Å². The number of halogens is 2. The minimum atomic E-state index is -0.396. The fraction of sp³-hybridized carbons (Fsp3) is 0. The molecule has 1 amide bonds. The Morgan fingerprint density at radius 3 is 2.72 bits per heavy atom.